The van der Waals surface area contributed by atoms with Crippen LogP contribution >= 0.6 is 0 Å². The standard InChI is InChI=1S/C28H36N4O4/c1-19(31-28(33)26(34-3)16-27(29)30-2)21-6-10-24(11-7-21)36-25-14-15-32(17-25)22-8-12-23(13-9-22)35-18-20-4-5-20/h6-13,16,19-20,25H,4-5,14-15,17-18H2,1-3H3,(H2,29,30)(H,31,33)/b26-16-/t19-,25+/m0/s1. The molecule has 4 rings (SSSR count). The molecule has 8 heteroatoms. The number of hydrogen-bond acceptors (Lipinski definition) is 6. The van der Waals surface area contributed by atoms with Crippen molar-refractivity contribution in [2.24, 2.45) is 16.6 Å². The second-order valence-corrected chi connectivity index (χ2v) is 9.35. The number of hydrogen-bond donors (Lipinski definition) is 2. The van der Waals surface area contributed by atoms with E-state index < -0.39 is 0 Å². The number of ether oxygens (including phenoxy) is 3. The second kappa shape index (κ2) is 11.8. The predicted molar refractivity (Wildman–Crippen MR) is 142 cm³/mol. The molecular weight excluding hydrogens is 456 g/mol. The van der Waals surface area contributed by atoms with Crippen molar-refractivity contribution >= 4 is 17.4 Å². The Morgan fingerprint density at radius 3 is 2.47 bits per heavy atom. The number of aliphatic imine (C=N–C) groups is 1. The second-order valence-electron chi connectivity index (χ2n) is 9.35. The highest BCUT2D eigenvalue weighted by Gasteiger charge is 2.25. The van der Waals surface area contributed by atoms with Gasteiger partial charge < -0.3 is 30.2 Å². The third-order valence-corrected chi connectivity index (χ3v) is 6.54. The molecule has 1 saturated heterocycles. The molecule has 36 heavy (non-hydrogen) atoms. The topological polar surface area (TPSA) is 98.4 Å². The lowest BCUT2D eigenvalue weighted by Gasteiger charge is -2.20. The van der Waals surface area contributed by atoms with E-state index in [4.69, 9.17) is 19.9 Å². The van der Waals surface area contributed by atoms with Crippen molar-refractivity contribution in [3.63, 3.8) is 0 Å². The van der Waals surface area contributed by atoms with E-state index in [1.54, 1.807) is 7.05 Å². The zero-order valence-electron chi connectivity index (χ0n) is 21.3. The van der Waals surface area contributed by atoms with Crippen LogP contribution in [0.5, 0.6) is 11.5 Å². The Kier molecular flexibility index (Phi) is 8.36. The average molecular weight is 493 g/mol. The Morgan fingerprint density at radius 2 is 1.83 bits per heavy atom. The van der Waals surface area contributed by atoms with E-state index in [0.717, 1.165) is 49.1 Å². The molecule has 8 nitrogen and oxygen atoms in total. The van der Waals surface area contributed by atoms with Gasteiger partial charge in [0, 0.05) is 31.8 Å². The maximum absolute atomic E-state index is 12.5. The van der Waals surface area contributed by atoms with Crippen molar-refractivity contribution in [2.45, 2.75) is 38.3 Å². The molecule has 0 spiro atoms. The van der Waals surface area contributed by atoms with Gasteiger partial charge in [0.15, 0.2) is 5.76 Å². The summed E-state index contributed by atoms with van der Waals surface area (Å²) < 4.78 is 17.2. The smallest absolute Gasteiger partial charge is 0.286 e. The Morgan fingerprint density at radius 1 is 1.14 bits per heavy atom. The summed E-state index contributed by atoms with van der Waals surface area (Å²) in [7, 11) is 2.98. The number of rotatable bonds is 11. The molecule has 192 valence electrons. The molecular formula is C28H36N4O4. The summed E-state index contributed by atoms with van der Waals surface area (Å²) in [5.41, 5.74) is 7.82. The van der Waals surface area contributed by atoms with Gasteiger partial charge in [-0.25, -0.2) is 0 Å². The van der Waals surface area contributed by atoms with Crippen LogP contribution in [0.4, 0.5) is 5.69 Å². The number of benzene rings is 2. The maximum atomic E-state index is 12.5. The molecule has 2 atom stereocenters. The van der Waals surface area contributed by atoms with Crippen LogP contribution in [-0.4, -0.2) is 51.7 Å². The molecule has 2 aliphatic rings. The molecule has 1 heterocycles. The average Bonchev–Trinajstić information content (AvgIpc) is 3.62. The highest BCUT2D eigenvalue weighted by Crippen LogP contribution is 2.30. The van der Waals surface area contributed by atoms with Crippen molar-refractivity contribution in [2.75, 3.05) is 38.8 Å². The Labute approximate surface area is 213 Å². The van der Waals surface area contributed by atoms with E-state index >= 15 is 0 Å². The molecule has 1 saturated carbocycles. The molecule has 2 aromatic rings. The third kappa shape index (κ3) is 6.93. The summed E-state index contributed by atoms with van der Waals surface area (Å²) >= 11 is 0. The number of amides is 1. The van der Waals surface area contributed by atoms with Crippen LogP contribution in [-0.2, 0) is 9.53 Å². The van der Waals surface area contributed by atoms with Crippen LogP contribution in [0.2, 0.25) is 0 Å². The summed E-state index contributed by atoms with van der Waals surface area (Å²) in [6.45, 7) is 4.54. The summed E-state index contributed by atoms with van der Waals surface area (Å²) in [5, 5.41) is 2.91. The summed E-state index contributed by atoms with van der Waals surface area (Å²) in [5.74, 6) is 2.48. The molecule has 0 bridgehead atoms. The number of nitrogens with two attached hydrogens (primary N) is 1. The molecule has 0 aromatic heterocycles. The fourth-order valence-electron chi connectivity index (χ4n) is 4.11. The third-order valence-electron chi connectivity index (χ3n) is 6.54. The molecule has 1 aliphatic heterocycles. The van der Waals surface area contributed by atoms with Gasteiger partial charge in [-0.1, -0.05) is 12.1 Å². The van der Waals surface area contributed by atoms with Gasteiger partial charge in [0.05, 0.1) is 26.3 Å². The minimum atomic E-state index is -0.356. The van der Waals surface area contributed by atoms with Crippen LogP contribution in [0.1, 0.15) is 37.8 Å². The van der Waals surface area contributed by atoms with Gasteiger partial charge >= 0.3 is 0 Å². The minimum Gasteiger partial charge on any atom is -0.493 e. The van der Waals surface area contributed by atoms with Gasteiger partial charge in [-0.3, -0.25) is 9.79 Å². The van der Waals surface area contributed by atoms with Crippen LogP contribution in [0, 0.1) is 5.92 Å². The van der Waals surface area contributed by atoms with Crippen molar-refractivity contribution in [3.8, 4) is 11.5 Å². The minimum absolute atomic E-state index is 0.108. The number of carbonyl (C=O) groups excluding carboxylic acids is 1. The SMILES string of the molecule is CN=C(N)/C=C(\OC)C(=O)N[C@@H](C)c1ccc(O[C@@H]2CCN(c3ccc(OCC4CC4)cc3)C2)cc1. The van der Waals surface area contributed by atoms with Gasteiger partial charge in [-0.05, 0) is 67.6 Å². The number of anilines is 1. The molecule has 1 amide bonds. The van der Waals surface area contributed by atoms with Crippen LogP contribution in [0.25, 0.3) is 0 Å². The largest absolute Gasteiger partial charge is 0.493 e. The van der Waals surface area contributed by atoms with Gasteiger partial charge in [0.25, 0.3) is 5.91 Å². The normalized spacial score (nSPS) is 19.1. The van der Waals surface area contributed by atoms with E-state index in [9.17, 15) is 4.79 Å². The van der Waals surface area contributed by atoms with Gasteiger partial charge in [0.2, 0.25) is 0 Å². The number of carbonyl (C=O) groups is 1. The molecule has 0 radical (unpaired) electrons. The van der Waals surface area contributed by atoms with Crippen molar-refractivity contribution in [1.82, 2.24) is 5.32 Å². The fourth-order valence-corrected chi connectivity index (χ4v) is 4.11. The zero-order chi connectivity index (χ0) is 25.5. The fraction of sp³-hybridized carbons (Fsp3) is 0.429. The predicted octanol–water partition coefficient (Wildman–Crippen LogP) is 3.83. The quantitative estimate of drug-likeness (QED) is 0.214. The number of nitrogens with zero attached hydrogens (tertiary/aromatic N) is 2. The van der Waals surface area contributed by atoms with Crippen molar-refractivity contribution in [1.29, 1.82) is 0 Å². The van der Waals surface area contributed by atoms with Gasteiger partial charge in [0.1, 0.15) is 23.4 Å². The lowest BCUT2D eigenvalue weighted by Crippen LogP contribution is -2.29. The Hall–Kier alpha value is -3.68. The molecule has 3 N–H and O–H groups in total. The van der Waals surface area contributed by atoms with E-state index in [1.807, 2.05) is 31.2 Å². The first kappa shape index (κ1) is 25.4. The van der Waals surface area contributed by atoms with Crippen LogP contribution in [0.3, 0.4) is 0 Å². The van der Waals surface area contributed by atoms with Gasteiger partial charge in [-0.2, -0.15) is 0 Å². The molecule has 0 unspecified atom stereocenters. The van der Waals surface area contributed by atoms with Crippen LogP contribution < -0.4 is 25.4 Å². The molecule has 2 fully saturated rings. The van der Waals surface area contributed by atoms with E-state index in [2.05, 4.69) is 39.5 Å². The summed E-state index contributed by atoms with van der Waals surface area (Å²) in [6, 6.07) is 16.0. The lowest BCUT2D eigenvalue weighted by atomic mass is 10.1. The highest BCUT2D eigenvalue weighted by atomic mass is 16.5. The van der Waals surface area contributed by atoms with Crippen LogP contribution in [0.15, 0.2) is 65.4 Å². The lowest BCUT2D eigenvalue weighted by molar-refractivity contribution is -0.121. The maximum Gasteiger partial charge on any atom is 0.286 e. The van der Waals surface area contributed by atoms with E-state index in [1.165, 1.54) is 31.7 Å². The summed E-state index contributed by atoms with van der Waals surface area (Å²) in [4.78, 5) is 18.7. The highest BCUT2D eigenvalue weighted by molar-refractivity contribution is 6.01. The Balaban J connectivity index is 1.26. The number of nitrogens with one attached hydrogen (secondary N) is 1. The molecule has 1 aliphatic carbocycles. The Bertz CT molecular complexity index is 1080. The van der Waals surface area contributed by atoms with Crippen molar-refractivity contribution < 1.29 is 19.0 Å². The number of amidine groups is 1. The first-order valence-electron chi connectivity index (χ1n) is 12.5. The first-order chi connectivity index (χ1) is 17.4. The number of methoxy groups -OCH3 is 1. The molecule has 2 aromatic carbocycles. The first-order valence-corrected chi connectivity index (χ1v) is 12.5. The van der Waals surface area contributed by atoms with E-state index in [-0.39, 0.29) is 29.6 Å². The zero-order valence-corrected chi connectivity index (χ0v) is 21.3. The monoisotopic (exact) mass is 492 g/mol. The van der Waals surface area contributed by atoms with Gasteiger partial charge in [-0.15, -0.1) is 0 Å². The van der Waals surface area contributed by atoms with E-state index in [0.29, 0.717) is 0 Å². The van der Waals surface area contributed by atoms with Crippen molar-refractivity contribution in [3.05, 3.63) is 65.9 Å². The summed E-state index contributed by atoms with van der Waals surface area (Å²) in [6.07, 6.45) is 5.08.